The van der Waals surface area contributed by atoms with E-state index in [1.165, 1.54) is 4.90 Å². The van der Waals surface area contributed by atoms with Crippen LogP contribution in [0.4, 0.5) is 0 Å². The van der Waals surface area contributed by atoms with Gasteiger partial charge in [0.1, 0.15) is 23.7 Å². The molecule has 2 fully saturated rings. The minimum Gasteiger partial charge on any atom is -0.460 e. The molecule has 4 aliphatic heterocycles. The average molecular weight is 504 g/mol. The second kappa shape index (κ2) is 10.7. The van der Waals surface area contributed by atoms with Gasteiger partial charge < -0.3 is 29.7 Å². The number of likely N-dealkylation sites (tertiary alicyclic amines) is 1. The Kier molecular flexibility index (Phi) is 7.85. The van der Waals surface area contributed by atoms with Gasteiger partial charge in [0.15, 0.2) is 0 Å². The zero-order valence-electron chi connectivity index (χ0n) is 21.2. The molecule has 7 atom stereocenters. The van der Waals surface area contributed by atoms with Crippen LogP contribution < -0.4 is 5.32 Å². The van der Waals surface area contributed by atoms with Crippen LogP contribution in [0.1, 0.15) is 46.5 Å². The third kappa shape index (κ3) is 4.56. The Hall–Kier alpha value is -2.72. The van der Waals surface area contributed by atoms with Crippen molar-refractivity contribution in [1.29, 1.82) is 0 Å². The summed E-state index contributed by atoms with van der Waals surface area (Å²) in [5, 5.41) is 12.7. The van der Waals surface area contributed by atoms with E-state index in [1.807, 2.05) is 13.0 Å². The minimum atomic E-state index is -1.37. The standard InChI is InChI=1S/C26H37N3O7/c1-4-5-12-28-13-8-11-26-21(23(32)29(16(2)15-30)22(26)24(28)33)20-18(36-26)9-6-7-10-19(31)27-14-17(3)35-25(20)34/h6,8-9,11,16-18,20-22,30H,4-5,7,10,12-15H2,1-3H3,(H,27,31)/b9-6-/t16-,17-,18-,20+,21+,22-,26+/m1/s1. The summed E-state index contributed by atoms with van der Waals surface area (Å²) < 4.78 is 12.2. The van der Waals surface area contributed by atoms with E-state index in [9.17, 15) is 24.3 Å². The van der Waals surface area contributed by atoms with Crippen molar-refractivity contribution in [3.05, 3.63) is 24.3 Å². The molecule has 0 bridgehead atoms. The Labute approximate surface area is 211 Å². The highest BCUT2D eigenvalue weighted by Crippen LogP contribution is 2.53. The van der Waals surface area contributed by atoms with Crippen LogP contribution in [-0.2, 0) is 28.7 Å². The predicted octanol–water partition coefficient (Wildman–Crippen LogP) is 0.544. The quantitative estimate of drug-likeness (QED) is 0.414. The van der Waals surface area contributed by atoms with Gasteiger partial charge in [0.25, 0.3) is 0 Å². The molecule has 0 aromatic heterocycles. The summed E-state index contributed by atoms with van der Waals surface area (Å²) in [6, 6.07) is -1.64. The number of cyclic esters (lactones) is 1. The molecule has 4 rings (SSSR count). The first-order valence-corrected chi connectivity index (χ1v) is 13.0. The number of hydrogen-bond donors (Lipinski definition) is 2. The van der Waals surface area contributed by atoms with Crippen molar-refractivity contribution in [1.82, 2.24) is 15.1 Å². The van der Waals surface area contributed by atoms with Gasteiger partial charge in [-0.1, -0.05) is 37.6 Å². The smallest absolute Gasteiger partial charge is 0.313 e. The van der Waals surface area contributed by atoms with Gasteiger partial charge in [0.2, 0.25) is 17.7 Å². The number of rotatable bonds is 5. The van der Waals surface area contributed by atoms with E-state index in [0.717, 1.165) is 12.8 Å². The number of aliphatic hydroxyl groups excluding tert-OH is 1. The third-order valence-corrected chi connectivity index (χ3v) is 7.58. The number of carbonyl (C=O) groups is 4. The average Bonchev–Trinajstić information content (AvgIpc) is 3.25. The van der Waals surface area contributed by atoms with Crippen molar-refractivity contribution >= 4 is 23.7 Å². The monoisotopic (exact) mass is 503 g/mol. The van der Waals surface area contributed by atoms with Crippen molar-refractivity contribution in [2.75, 3.05) is 26.2 Å². The van der Waals surface area contributed by atoms with Crippen LogP contribution in [0.5, 0.6) is 0 Å². The maximum atomic E-state index is 14.0. The van der Waals surface area contributed by atoms with Crippen molar-refractivity contribution in [3.8, 4) is 0 Å². The molecule has 0 aromatic carbocycles. The van der Waals surface area contributed by atoms with Gasteiger partial charge in [-0.15, -0.1) is 0 Å². The molecule has 2 N–H and O–H groups in total. The van der Waals surface area contributed by atoms with Crippen LogP contribution in [0.2, 0.25) is 0 Å². The van der Waals surface area contributed by atoms with Gasteiger partial charge in [-0.05, 0) is 26.7 Å². The van der Waals surface area contributed by atoms with Gasteiger partial charge in [0, 0.05) is 19.5 Å². The summed E-state index contributed by atoms with van der Waals surface area (Å²) in [6.45, 7) is 6.17. The normalized spacial score (nSPS) is 36.6. The molecule has 1 spiro atoms. The lowest BCUT2D eigenvalue weighted by Crippen LogP contribution is -2.57. The van der Waals surface area contributed by atoms with Crippen molar-refractivity contribution in [3.63, 3.8) is 0 Å². The van der Waals surface area contributed by atoms with Crippen LogP contribution in [0, 0.1) is 11.8 Å². The van der Waals surface area contributed by atoms with Crippen molar-refractivity contribution in [2.45, 2.75) is 76.3 Å². The van der Waals surface area contributed by atoms with Crippen LogP contribution in [0.3, 0.4) is 0 Å². The Bertz CT molecular complexity index is 950. The molecular formula is C26H37N3O7. The largest absolute Gasteiger partial charge is 0.460 e. The SMILES string of the molecule is CCCCN1CC=C[C@]23O[C@@H]4/C=C\CCC(=O)NC[C@@H](C)OC(=O)[C@@H]4[C@H]2C(=O)N([C@H](C)CO)[C@@H]3C1=O. The highest BCUT2D eigenvalue weighted by molar-refractivity contribution is 5.99. The molecule has 3 amide bonds. The van der Waals surface area contributed by atoms with Gasteiger partial charge >= 0.3 is 5.97 Å². The molecule has 198 valence electrons. The van der Waals surface area contributed by atoms with Crippen LogP contribution >= 0.6 is 0 Å². The highest BCUT2D eigenvalue weighted by atomic mass is 16.6. The van der Waals surface area contributed by atoms with Gasteiger partial charge in [-0.2, -0.15) is 0 Å². The van der Waals surface area contributed by atoms with Gasteiger partial charge in [-0.25, -0.2) is 0 Å². The number of nitrogens with zero attached hydrogens (tertiary/aromatic N) is 2. The molecule has 10 heteroatoms. The molecule has 0 aromatic rings. The van der Waals surface area contributed by atoms with Crippen molar-refractivity contribution < 1.29 is 33.8 Å². The first kappa shape index (κ1) is 26.3. The van der Waals surface area contributed by atoms with E-state index in [4.69, 9.17) is 9.47 Å². The lowest BCUT2D eigenvalue weighted by Gasteiger charge is -2.37. The fourth-order valence-corrected chi connectivity index (χ4v) is 5.76. The van der Waals surface area contributed by atoms with E-state index in [-0.39, 0.29) is 31.4 Å². The zero-order valence-corrected chi connectivity index (χ0v) is 21.2. The first-order valence-electron chi connectivity index (χ1n) is 13.0. The maximum absolute atomic E-state index is 14.0. The number of aliphatic hydroxyl groups is 1. The number of allylic oxidation sites excluding steroid dienone is 1. The molecule has 0 radical (unpaired) electrons. The van der Waals surface area contributed by atoms with Crippen LogP contribution in [0.25, 0.3) is 0 Å². The molecule has 36 heavy (non-hydrogen) atoms. The number of fused-ring (bicyclic) bond motifs is 2. The Morgan fingerprint density at radius 3 is 2.72 bits per heavy atom. The summed E-state index contributed by atoms with van der Waals surface area (Å²) in [7, 11) is 0. The minimum absolute atomic E-state index is 0.143. The number of nitrogens with one attached hydrogen (secondary N) is 1. The molecule has 0 unspecified atom stereocenters. The molecule has 0 saturated carbocycles. The van der Waals surface area contributed by atoms with E-state index in [2.05, 4.69) is 5.32 Å². The Morgan fingerprint density at radius 2 is 2.00 bits per heavy atom. The number of unbranched alkanes of at least 4 members (excludes halogenated alkanes) is 1. The lowest BCUT2D eigenvalue weighted by molar-refractivity contribution is -0.159. The summed E-state index contributed by atoms with van der Waals surface area (Å²) in [5.74, 6) is -3.34. The Morgan fingerprint density at radius 1 is 1.22 bits per heavy atom. The van der Waals surface area contributed by atoms with Gasteiger partial charge in [-0.3, -0.25) is 19.2 Å². The first-order chi connectivity index (χ1) is 17.2. The maximum Gasteiger partial charge on any atom is 0.313 e. The second-order valence-corrected chi connectivity index (χ2v) is 10.2. The molecule has 2 saturated heterocycles. The van der Waals surface area contributed by atoms with Gasteiger partial charge in [0.05, 0.1) is 31.2 Å². The second-order valence-electron chi connectivity index (χ2n) is 10.2. The van der Waals surface area contributed by atoms with E-state index >= 15 is 0 Å². The number of esters is 1. The summed E-state index contributed by atoms with van der Waals surface area (Å²) >= 11 is 0. The third-order valence-electron chi connectivity index (χ3n) is 7.58. The zero-order chi connectivity index (χ0) is 26.0. The fraction of sp³-hybridized carbons (Fsp3) is 0.692. The van der Waals surface area contributed by atoms with Crippen molar-refractivity contribution in [2.24, 2.45) is 11.8 Å². The molecule has 10 nitrogen and oxygen atoms in total. The summed E-state index contributed by atoms with van der Waals surface area (Å²) in [5.41, 5.74) is -1.37. The molecule has 4 aliphatic rings. The Balaban J connectivity index is 1.78. The number of hydrogen-bond acceptors (Lipinski definition) is 7. The summed E-state index contributed by atoms with van der Waals surface area (Å²) in [6.07, 6.45) is 8.15. The summed E-state index contributed by atoms with van der Waals surface area (Å²) in [4.78, 5) is 56.5. The van der Waals surface area contributed by atoms with E-state index in [1.54, 1.807) is 37.0 Å². The number of ether oxygens (including phenoxy) is 2. The van der Waals surface area contributed by atoms with E-state index < -0.39 is 53.6 Å². The number of carbonyl (C=O) groups excluding carboxylic acids is 4. The fourth-order valence-electron chi connectivity index (χ4n) is 5.76. The molecule has 0 aliphatic carbocycles. The van der Waals surface area contributed by atoms with Crippen LogP contribution in [-0.4, -0.2) is 94.7 Å². The highest BCUT2D eigenvalue weighted by Gasteiger charge is 2.72. The lowest BCUT2D eigenvalue weighted by atomic mass is 9.78. The topological polar surface area (TPSA) is 125 Å². The number of amides is 3. The van der Waals surface area contributed by atoms with Crippen LogP contribution in [0.15, 0.2) is 24.3 Å². The van der Waals surface area contributed by atoms with E-state index in [0.29, 0.717) is 19.5 Å². The molecule has 4 heterocycles. The predicted molar refractivity (Wildman–Crippen MR) is 129 cm³/mol. The molecular weight excluding hydrogens is 466 g/mol.